The van der Waals surface area contributed by atoms with Gasteiger partial charge in [-0.2, -0.15) is 0 Å². The summed E-state index contributed by atoms with van der Waals surface area (Å²) >= 11 is 0. The number of hydrogen-bond acceptors (Lipinski definition) is 5. The average molecular weight is 648 g/mol. The Kier molecular flexibility index (Phi) is 25.0. The summed E-state index contributed by atoms with van der Waals surface area (Å²) in [7, 11) is 1.68. The van der Waals surface area contributed by atoms with Crippen LogP contribution in [0.1, 0.15) is 134 Å². The number of nitrogens with zero attached hydrogens (tertiary/aromatic N) is 1. The molecule has 0 spiro atoms. The quantitative estimate of drug-likeness (QED) is 0.0731. The number of unbranched alkanes of at least 4 members (excludes halogenated alkanes) is 3. The lowest BCUT2D eigenvalue weighted by Crippen LogP contribution is -2.18. The molecule has 0 radical (unpaired) electrons. The molecule has 0 amide bonds. The van der Waals surface area contributed by atoms with Crippen LogP contribution in [0.15, 0.2) is 59.7 Å². The summed E-state index contributed by atoms with van der Waals surface area (Å²) in [6, 6.07) is 12.0. The van der Waals surface area contributed by atoms with Gasteiger partial charge in [-0.3, -0.25) is 9.79 Å². The van der Waals surface area contributed by atoms with Gasteiger partial charge in [0.2, 0.25) is 0 Å². The lowest BCUT2D eigenvalue weighted by Gasteiger charge is -2.11. The van der Waals surface area contributed by atoms with Gasteiger partial charge in [-0.1, -0.05) is 84.9 Å². The first kappa shape index (κ1) is 43.8. The van der Waals surface area contributed by atoms with Gasteiger partial charge in [-0.05, 0) is 126 Å². The molecule has 0 aliphatic carbocycles. The monoisotopic (exact) mass is 648 g/mol. The van der Waals surface area contributed by atoms with Gasteiger partial charge >= 0.3 is 0 Å². The Hall–Kier alpha value is -3.18. The molecule has 2 N–H and O–H groups in total. The maximum Gasteiger partial charge on any atom is 0.165 e. The Labute approximate surface area is 289 Å². The molecule has 2 aromatic rings. The van der Waals surface area contributed by atoms with Gasteiger partial charge in [0.05, 0.1) is 13.7 Å². The van der Waals surface area contributed by atoms with Crippen molar-refractivity contribution < 1.29 is 9.53 Å². The van der Waals surface area contributed by atoms with E-state index < -0.39 is 0 Å². The highest BCUT2D eigenvalue weighted by atomic mass is 16.5. The molecule has 0 aliphatic heterocycles. The fourth-order valence-corrected chi connectivity index (χ4v) is 4.76. The molecule has 0 saturated heterocycles. The standard InChI is InChI=1S/C25H32N2O2.C13H29N.C4H8/c1-16(2)25(28)23-10-9-22(13-17(23)3)27-15-20(6)26-14-19(5)21-8-11-24(29-7)18(4)12-21;1-4-6-7-8-9-13(3)10-12-14-11-5-2;1-3-4-2/h8-14,16,27H,15H2,1-7H3;13-14H,4-12H2,1-3H3;3-4H,1-2H3/b19-14+,26-20?;;4-3-. The number of hydrogen-bond donors (Lipinski definition) is 2. The predicted octanol–water partition coefficient (Wildman–Crippen LogP) is 11.6. The summed E-state index contributed by atoms with van der Waals surface area (Å²) in [5.41, 5.74) is 7.10. The van der Waals surface area contributed by atoms with Gasteiger partial charge in [0.15, 0.2) is 5.78 Å². The van der Waals surface area contributed by atoms with Crippen molar-refractivity contribution in [2.45, 2.75) is 121 Å². The second-order valence-corrected chi connectivity index (χ2v) is 12.9. The third kappa shape index (κ3) is 19.9. The minimum atomic E-state index is 0.00593. The maximum absolute atomic E-state index is 12.2. The maximum atomic E-state index is 12.2. The van der Waals surface area contributed by atoms with Gasteiger partial charge in [-0.25, -0.2) is 0 Å². The zero-order valence-electron chi connectivity index (χ0n) is 32.2. The molecule has 0 bridgehead atoms. The molecule has 0 heterocycles. The van der Waals surface area contributed by atoms with Crippen molar-refractivity contribution in [1.29, 1.82) is 0 Å². The molecule has 0 aromatic heterocycles. The highest BCUT2D eigenvalue weighted by Crippen LogP contribution is 2.23. The van der Waals surface area contributed by atoms with Crippen molar-refractivity contribution in [1.82, 2.24) is 5.32 Å². The predicted molar refractivity (Wildman–Crippen MR) is 210 cm³/mol. The van der Waals surface area contributed by atoms with Crippen molar-refractivity contribution >= 4 is 22.8 Å². The van der Waals surface area contributed by atoms with E-state index in [1.54, 1.807) is 7.11 Å². The molecule has 2 aromatic carbocycles. The summed E-state index contributed by atoms with van der Waals surface area (Å²) < 4.78 is 5.32. The number of ketones is 1. The first-order chi connectivity index (χ1) is 22.4. The third-order valence-electron chi connectivity index (χ3n) is 8.02. The zero-order chi connectivity index (χ0) is 35.6. The van der Waals surface area contributed by atoms with Gasteiger partial charge < -0.3 is 15.4 Å². The molecule has 2 rings (SSSR count). The Morgan fingerprint density at radius 3 is 2.13 bits per heavy atom. The van der Waals surface area contributed by atoms with Crippen LogP contribution in [0.2, 0.25) is 0 Å². The van der Waals surface area contributed by atoms with E-state index in [9.17, 15) is 4.79 Å². The Bertz CT molecular complexity index is 1210. The molecule has 0 fully saturated rings. The highest BCUT2D eigenvalue weighted by molar-refractivity contribution is 5.99. The van der Waals surface area contributed by atoms with E-state index in [4.69, 9.17) is 4.74 Å². The normalized spacial score (nSPS) is 12.3. The minimum absolute atomic E-state index is 0.00593. The number of aliphatic imine (C=N–C) groups is 1. The van der Waals surface area contributed by atoms with Crippen molar-refractivity contribution in [3.8, 4) is 5.75 Å². The summed E-state index contributed by atoms with van der Waals surface area (Å²) in [6.45, 7) is 25.8. The molecule has 264 valence electrons. The number of nitrogens with one attached hydrogen (secondary N) is 2. The number of anilines is 1. The fraction of sp³-hybridized carbons (Fsp3) is 0.571. The number of rotatable bonds is 18. The smallest absolute Gasteiger partial charge is 0.165 e. The van der Waals surface area contributed by atoms with Crippen LogP contribution >= 0.6 is 0 Å². The van der Waals surface area contributed by atoms with Crippen LogP contribution in [0, 0.1) is 25.7 Å². The average Bonchev–Trinajstić information content (AvgIpc) is 3.06. The van der Waals surface area contributed by atoms with E-state index in [1.165, 1.54) is 58.0 Å². The SMILES string of the molecule is C/C=C\C.CCCCCCC(C)CCNCCC.COc1ccc(/C(C)=C/N=C(C)CNc2ccc(C(=O)C(C)C)c(C)c2)cc1C. The van der Waals surface area contributed by atoms with Crippen molar-refractivity contribution in [2.75, 3.05) is 32.1 Å². The van der Waals surface area contributed by atoms with Crippen LogP contribution in [-0.4, -0.2) is 38.2 Å². The van der Waals surface area contributed by atoms with Crippen LogP contribution in [0.4, 0.5) is 5.69 Å². The van der Waals surface area contributed by atoms with E-state index in [1.807, 2.05) is 97.1 Å². The van der Waals surface area contributed by atoms with Crippen LogP contribution in [0.5, 0.6) is 5.75 Å². The molecule has 1 unspecified atom stereocenters. The fourth-order valence-electron chi connectivity index (χ4n) is 4.76. The number of Topliss-reactive ketones (excluding diaryl/α,β-unsaturated/α-hetero) is 1. The van der Waals surface area contributed by atoms with Crippen LogP contribution in [0.3, 0.4) is 0 Å². The molecule has 47 heavy (non-hydrogen) atoms. The summed E-state index contributed by atoms with van der Waals surface area (Å²) in [5.74, 6) is 1.99. The van der Waals surface area contributed by atoms with Gasteiger partial charge in [0.1, 0.15) is 5.75 Å². The Morgan fingerprint density at radius 1 is 0.872 bits per heavy atom. The summed E-state index contributed by atoms with van der Waals surface area (Å²) in [5, 5.41) is 6.85. The van der Waals surface area contributed by atoms with Crippen molar-refractivity contribution in [2.24, 2.45) is 16.8 Å². The van der Waals surface area contributed by atoms with Crippen molar-refractivity contribution in [3.63, 3.8) is 0 Å². The number of carbonyl (C=O) groups is 1. The second kappa shape index (κ2) is 26.8. The second-order valence-electron chi connectivity index (χ2n) is 12.9. The minimum Gasteiger partial charge on any atom is -0.496 e. The Balaban J connectivity index is 0.000000980. The number of allylic oxidation sites excluding steroid dienone is 3. The number of methoxy groups -OCH3 is 1. The molecule has 5 heteroatoms. The molecular formula is C42H69N3O2. The van der Waals surface area contributed by atoms with E-state index in [0.717, 1.165) is 50.9 Å². The van der Waals surface area contributed by atoms with E-state index in [-0.39, 0.29) is 11.7 Å². The number of ether oxygens (including phenoxy) is 1. The topological polar surface area (TPSA) is 62.7 Å². The van der Waals surface area contributed by atoms with Crippen LogP contribution in [0.25, 0.3) is 5.57 Å². The Morgan fingerprint density at radius 2 is 1.57 bits per heavy atom. The summed E-state index contributed by atoms with van der Waals surface area (Å²) in [6.07, 6.45) is 15.6. The largest absolute Gasteiger partial charge is 0.496 e. The molecular weight excluding hydrogens is 578 g/mol. The highest BCUT2D eigenvalue weighted by Gasteiger charge is 2.13. The molecule has 5 nitrogen and oxygen atoms in total. The first-order valence-electron chi connectivity index (χ1n) is 18.0. The van der Waals surface area contributed by atoms with Gasteiger partial charge in [-0.15, -0.1) is 0 Å². The lowest BCUT2D eigenvalue weighted by molar-refractivity contribution is 0.0939. The molecule has 0 aliphatic rings. The van der Waals surface area contributed by atoms with E-state index in [2.05, 4.69) is 49.4 Å². The zero-order valence-corrected chi connectivity index (χ0v) is 32.2. The molecule has 0 saturated carbocycles. The van der Waals surface area contributed by atoms with Gasteiger partial charge in [0.25, 0.3) is 0 Å². The number of carbonyl (C=O) groups excluding carboxylic acids is 1. The van der Waals surface area contributed by atoms with Crippen LogP contribution in [-0.2, 0) is 0 Å². The number of aryl methyl sites for hydroxylation is 2. The lowest BCUT2D eigenvalue weighted by atomic mass is 9.97. The number of benzene rings is 2. The molecule has 1 atom stereocenters. The first-order valence-corrected chi connectivity index (χ1v) is 18.0. The van der Waals surface area contributed by atoms with Gasteiger partial charge in [0, 0.05) is 29.1 Å². The summed E-state index contributed by atoms with van der Waals surface area (Å²) in [4.78, 5) is 16.8. The van der Waals surface area contributed by atoms with E-state index in [0.29, 0.717) is 6.54 Å². The third-order valence-corrected chi connectivity index (χ3v) is 8.02. The van der Waals surface area contributed by atoms with E-state index >= 15 is 0 Å². The van der Waals surface area contributed by atoms with Crippen molar-refractivity contribution in [3.05, 3.63) is 77.0 Å². The van der Waals surface area contributed by atoms with Crippen LogP contribution < -0.4 is 15.4 Å².